The molecule has 0 spiro atoms. The predicted octanol–water partition coefficient (Wildman–Crippen LogP) is 3.79. The van der Waals surface area contributed by atoms with Crippen LogP contribution in [0.5, 0.6) is 5.88 Å². The number of aromatic amines is 1. The van der Waals surface area contributed by atoms with E-state index >= 15 is 0 Å². The van der Waals surface area contributed by atoms with Gasteiger partial charge in [0.15, 0.2) is 6.29 Å². The molecule has 2 amide bonds. The quantitative estimate of drug-likeness (QED) is 0.397. The summed E-state index contributed by atoms with van der Waals surface area (Å²) in [4.78, 5) is 39.4. The summed E-state index contributed by atoms with van der Waals surface area (Å²) in [6, 6.07) is 7.30. The van der Waals surface area contributed by atoms with Gasteiger partial charge in [-0.05, 0) is 36.8 Å². The van der Waals surface area contributed by atoms with E-state index in [2.05, 4.69) is 30.6 Å². The molecule has 9 nitrogen and oxygen atoms in total. The number of methoxy groups -OCH3 is 1. The molecule has 0 aliphatic rings. The summed E-state index contributed by atoms with van der Waals surface area (Å²) in [5.41, 5.74) is 2.86. The monoisotopic (exact) mass is 434 g/mol. The second-order valence-corrected chi connectivity index (χ2v) is 6.76. The molecular formula is C22H19FN6O3. The lowest BCUT2D eigenvalue weighted by molar-refractivity contribution is 0.112. The van der Waals surface area contributed by atoms with Crippen LogP contribution in [-0.4, -0.2) is 45.9 Å². The minimum absolute atomic E-state index is 0.0875. The fourth-order valence-corrected chi connectivity index (χ4v) is 3.31. The number of aromatic nitrogens is 4. The molecule has 0 aliphatic carbocycles. The van der Waals surface area contributed by atoms with E-state index in [0.29, 0.717) is 52.0 Å². The SMILES string of the molecule is CCNC(=O)Nc1nc2c(-c3ncccc3F)cc(-c3cnc(OC)cc3C=O)cc2[nH]1. The number of anilines is 1. The van der Waals surface area contributed by atoms with Gasteiger partial charge >= 0.3 is 6.03 Å². The molecule has 3 N–H and O–H groups in total. The third-order valence-electron chi connectivity index (χ3n) is 4.73. The summed E-state index contributed by atoms with van der Waals surface area (Å²) in [5, 5.41) is 5.22. The molecule has 0 saturated carbocycles. The number of hydrogen-bond acceptors (Lipinski definition) is 6. The van der Waals surface area contributed by atoms with E-state index in [1.807, 2.05) is 0 Å². The van der Waals surface area contributed by atoms with Crippen molar-refractivity contribution >= 4 is 29.3 Å². The Balaban J connectivity index is 1.93. The van der Waals surface area contributed by atoms with Crippen LogP contribution in [0.4, 0.5) is 15.1 Å². The third-order valence-corrected chi connectivity index (χ3v) is 4.73. The van der Waals surface area contributed by atoms with Crippen molar-refractivity contribution in [2.24, 2.45) is 0 Å². The van der Waals surface area contributed by atoms with Crippen molar-refractivity contribution < 1.29 is 18.7 Å². The van der Waals surface area contributed by atoms with Gasteiger partial charge in [-0.3, -0.25) is 15.1 Å². The Morgan fingerprint density at radius 1 is 1.25 bits per heavy atom. The molecule has 10 heteroatoms. The Kier molecular flexibility index (Phi) is 5.75. The highest BCUT2D eigenvalue weighted by Gasteiger charge is 2.18. The van der Waals surface area contributed by atoms with Crippen molar-refractivity contribution in [3.8, 4) is 28.3 Å². The fraction of sp³-hybridized carbons (Fsp3) is 0.136. The summed E-state index contributed by atoms with van der Waals surface area (Å²) in [5.74, 6) is -0.0531. The van der Waals surface area contributed by atoms with Crippen molar-refractivity contribution in [1.82, 2.24) is 25.3 Å². The minimum Gasteiger partial charge on any atom is -0.481 e. The van der Waals surface area contributed by atoms with Gasteiger partial charge in [0, 0.05) is 41.7 Å². The van der Waals surface area contributed by atoms with E-state index in [9.17, 15) is 14.0 Å². The summed E-state index contributed by atoms with van der Waals surface area (Å²) < 4.78 is 19.7. The number of halogens is 1. The zero-order valence-electron chi connectivity index (χ0n) is 17.3. The number of nitrogens with zero attached hydrogens (tertiary/aromatic N) is 3. The van der Waals surface area contributed by atoms with Crippen LogP contribution in [0, 0.1) is 5.82 Å². The lowest BCUT2D eigenvalue weighted by atomic mass is 9.98. The number of fused-ring (bicyclic) bond motifs is 1. The molecule has 3 heterocycles. The Morgan fingerprint density at radius 2 is 2.09 bits per heavy atom. The van der Waals surface area contributed by atoms with Gasteiger partial charge in [0.1, 0.15) is 17.0 Å². The zero-order chi connectivity index (χ0) is 22.7. The highest BCUT2D eigenvalue weighted by atomic mass is 19.1. The van der Waals surface area contributed by atoms with Gasteiger partial charge in [-0.15, -0.1) is 0 Å². The normalized spacial score (nSPS) is 10.7. The standard InChI is InChI=1S/C22H19FN6O3/c1-3-24-22(31)29-21-27-17-8-12(15-10-26-18(32-2)9-13(15)11-30)7-14(20(17)28-21)19-16(23)5-4-6-25-19/h4-11H,3H2,1-2H3,(H3,24,27,28,29,31). The maximum Gasteiger partial charge on any atom is 0.321 e. The topological polar surface area (TPSA) is 122 Å². The first kappa shape index (κ1) is 20.9. The second-order valence-electron chi connectivity index (χ2n) is 6.76. The number of imidazole rings is 1. The van der Waals surface area contributed by atoms with Crippen LogP contribution >= 0.6 is 0 Å². The van der Waals surface area contributed by atoms with Crippen LogP contribution in [0.25, 0.3) is 33.4 Å². The van der Waals surface area contributed by atoms with Gasteiger partial charge in [0.05, 0.1) is 12.6 Å². The zero-order valence-corrected chi connectivity index (χ0v) is 17.3. The molecule has 0 atom stereocenters. The third kappa shape index (κ3) is 3.97. The molecule has 0 bridgehead atoms. The Labute approximate surface area is 182 Å². The van der Waals surface area contributed by atoms with Crippen molar-refractivity contribution in [3.05, 3.63) is 54.1 Å². The van der Waals surface area contributed by atoms with Gasteiger partial charge in [-0.2, -0.15) is 0 Å². The molecular weight excluding hydrogens is 415 g/mol. The van der Waals surface area contributed by atoms with E-state index in [4.69, 9.17) is 4.74 Å². The number of rotatable bonds is 6. The number of carbonyl (C=O) groups excluding carboxylic acids is 2. The van der Waals surface area contributed by atoms with Crippen LogP contribution in [0.1, 0.15) is 17.3 Å². The molecule has 4 aromatic rings. The first-order chi connectivity index (χ1) is 15.5. The molecule has 3 aromatic heterocycles. The average molecular weight is 434 g/mol. The van der Waals surface area contributed by atoms with E-state index in [1.54, 1.807) is 19.1 Å². The molecule has 0 saturated heterocycles. The van der Waals surface area contributed by atoms with Crippen LogP contribution < -0.4 is 15.4 Å². The first-order valence-electron chi connectivity index (χ1n) is 9.73. The van der Waals surface area contributed by atoms with Crippen LogP contribution in [0.15, 0.2) is 42.7 Å². The number of benzene rings is 1. The van der Waals surface area contributed by atoms with Crippen molar-refractivity contribution in [1.29, 1.82) is 0 Å². The van der Waals surface area contributed by atoms with Crippen molar-refractivity contribution in [3.63, 3.8) is 0 Å². The molecule has 4 rings (SSSR count). The van der Waals surface area contributed by atoms with Crippen LogP contribution in [-0.2, 0) is 0 Å². The predicted molar refractivity (Wildman–Crippen MR) is 117 cm³/mol. The van der Waals surface area contributed by atoms with E-state index in [1.165, 1.54) is 37.7 Å². The van der Waals surface area contributed by atoms with Gasteiger partial charge < -0.3 is 15.0 Å². The number of ether oxygens (including phenoxy) is 1. The highest BCUT2D eigenvalue weighted by molar-refractivity contribution is 5.99. The number of nitrogens with one attached hydrogen (secondary N) is 3. The first-order valence-corrected chi connectivity index (χ1v) is 9.73. The van der Waals surface area contributed by atoms with Gasteiger partial charge in [0.25, 0.3) is 0 Å². The van der Waals surface area contributed by atoms with E-state index in [0.717, 1.165) is 0 Å². The largest absolute Gasteiger partial charge is 0.481 e. The molecule has 1 aromatic carbocycles. The average Bonchev–Trinajstić information content (AvgIpc) is 3.20. The Bertz CT molecular complexity index is 1320. The maximum absolute atomic E-state index is 14.6. The molecule has 0 aliphatic heterocycles. The van der Waals surface area contributed by atoms with Crippen molar-refractivity contribution in [2.75, 3.05) is 19.0 Å². The Morgan fingerprint density at radius 3 is 2.81 bits per heavy atom. The lowest BCUT2D eigenvalue weighted by Gasteiger charge is -2.10. The molecule has 162 valence electrons. The Hall–Kier alpha value is -4.34. The lowest BCUT2D eigenvalue weighted by Crippen LogP contribution is -2.28. The summed E-state index contributed by atoms with van der Waals surface area (Å²) in [6.45, 7) is 2.24. The maximum atomic E-state index is 14.6. The summed E-state index contributed by atoms with van der Waals surface area (Å²) in [7, 11) is 1.46. The summed E-state index contributed by atoms with van der Waals surface area (Å²) in [6.07, 6.45) is 3.68. The number of pyridine rings is 2. The number of amides is 2. The highest BCUT2D eigenvalue weighted by Crippen LogP contribution is 2.35. The molecule has 32 heavy (non-hydrogen) atoms. The molecule has 0 fully saturated rings. The van der Waals surface area contributed by atoms with E-state index in [-0.39, 0.29) is 11.6 Å². The van der Waals surface area contributed by atoms with Crippen molar-refractivity contribution in [2.45, 2.75) is 6.92 Å². The summed E-state index contributed by atoms with van der Waals surface area (Å²) >= 11 is 0. The minimum atomic E-state index is -0.532. The van der Waals surface area contributed by atoms with Gasteiger partial charge in [-0.25, -0.2) is 19.2 Å². The number of H-pyrrole nitrogens is 1. The fourth-order valence-electron chi connectivity index (χ4n) is 3.31. The van der Waals surface area contributed by atoms with Crippen LogP contribution in [0.3, 0.4) is 0 Å². The number of aldehydes is 1. The second kappa shape index (κ2) is 8.80. The number of hydrogen-bond donors (Lipinski definition) is 3. The molecule has 0 unspecified atom stereocenters. The van der Waals surface area contributed by atoms with E-state index < -0.39 is 11.8 Å². The van der Waals surface area contributed by atoms with Gasteiger partial charge in [0.2, 0.25) is 11.8 Å². The smallest absolute Gasteiger partial charge is 0.321 e. The number of carbonyl (C=O) groups is 2. The number of urea groups is 1. The van der Waals surface area contributed by atoms with Gasteiger partial charge in [-0.1, -0.05) is 0 Å². The molecule has 0 radical (unpaired) electrons. The van der Waals surface area contributed by atoms with Crippen LogP contribution in [0.2, 0.25) is 0 Å².